The van der Waals surface area contributed by atoms with Gasteiger partial charge in [0.1, 0.15) is 0 Å². The first-order chi connectivity index (χ1) is 10.4. The van der Waals surface area contributed by atoms with Gasteiger partial charge in [0.15, 0.2) is 0 Å². The molecule has 1 aliphatic carbocycles. The highest BCUT2D eigenvalue weighted by molar-refractivity contribution is 7.89. The molecule has 1 aromatic rings. The fourth-order valence-corrected chi connectivity index (χ4v) is 4.29. The van der Waals surface area contributed by atoms with Crippen molar-refractivity contribution >= 4 is 15.9 Å². The van der Waals surface area contributed by atoms with Gasteiger partial charge < -0.3 is 5.32 Å². The van der Waals surface area contributed by atoms with Crippen molar-refractivity contribution in [2.45, 2.75) is 50.0 Å². The molecule has 0 aromatic heterocycles. The molecule has 0 radical (unpaired) electrons. The zero-order chi connectivity index (χ0) is 16.2. The van der Waals surface area contributed by atoms with Crippen molar-refractivity contribution < 1.29 is 13.2 Å². The number of benzene rings is 1. The van der Waals surface area contributed by atoms with Gasteiger partial charge in [-0.15, -0.1) is 0 Å². The summed E-state index contributed by atoms with van der Waals surface area (Å²) in [5, 5.41) is 2.51. The van der Waals surface area contributed by atoms with E-state index in [9.17, 15) is 13.2 Å². The van der Waals surface area contributed by atoms with Crippen molar-refractivity contribution in [2.75, 3.05) is 7.05 Å². The van der Waals surface area contributed by atoms with Gasteiger partial charge in [-0.05, 0) is 49.9 Å². The van der Waals surface area contributed by atoms with Crippen LogP contribution in [0.1, 0.15) is 49.4 Å². The summed E-state index contributed by atoms with van der Waals surface area (Å²) in [5.41, 5.74) is 0.446. The Labute approximate surface area is 132 Å². The summed E-state index contributed by atoms with van der Waals surface area (Å²) in [6.07, 6.45) is 5.77. The fraction of sp³-hybridized carbons (Fsp3) is 0.562. The molecule has 0 saturated heterocycles. The average Bonchev–Trinajstić information content (AvgIpc) is 2.54. The minimum Gasteiger partial charge on any atom is -0.355 e. The zero-order valence-corrected chi connectivity index (χ0v) is 13.9. The molecule has 0 heterocycles. The summed E-state index contributed by atoms with van der Waals surface area (Å²) in [4.78, 5) is 11.7. The SMILES string of the molecule is CNC(=O)c1ccc(S(=O)(=O)N[C@H](C)C2CCCCC2)cc1. The van der Waals surface area contributed by atoms with E-state index in [4.69, 9.17) is 0 Å². The average molecular weight is 324 g/mol. The molecule has 2 N–H and O–H groups in total. The Morgan fingerprint density at radius 2 is 1.73 bits per heavy atom. The predicted molar refractivity (Wildman–Crippen MR) is 86.2 cm³/mol. The third kappa shape index (κ3) is 4.08. The van der Waals surface area contributed by atoms with E-state index in [-0.39, 0.29) is 16.8 Å². The van der Waals surface area contributed by atoms with Crippen LogP contribution in [0.4, 0.5) is 0 Å². The minimum atomic E-state index is -3.54. The van der Waals surface area contributed by atoms with Crippen LogP contribution in [0.15, 0.2) is 29.2 Å². The third-order valence-electron chi connectivity index (χ3n) is 4.35. The smallest absolute Gasteiger partial charge is 0.251 e. The monoisotopic (exact) mass is 324 g/mol. The van der Waals surface area contributed by atoms with Crippen molar-refractivity contribution in [3.63, 3.8) is 0 Å². The number of hydrogen-bond donors (Lipinski definition) is 2. The molecule has 22 heavy (non-hydrogen) atoms. The summed E-state index contributed by atoms with van der Waals surface area (Å²) in [6, 6.07) is 5.93. The Balaban J connectivity index is 2.07. The lowest BCUT2D eigenvalue weighted by Crippen LogP contribution is -2.38. The molecule has 6 heteroatoms. The predicted octanol–water partition coefficient (Wildman–Crippen LogP) is 2.29. The van der Waals surface area contributed by atoms with Gasteiger partial charge in [-0.3, -0.25) is 4.79 Å². The number of carbonyl (C=O) groups is 1. The van der Waals surface area contributed by atoms with Crippen LogP contribution in [0, 0.1) is 5.92 Å². The second-order valence-corrected chi connectivity index (χ2v) is 7.63. The van der Waals surface area contributed by atoms with Gasteiger partial charge in [0.25, 0.3) is 5.91 Å². The maximum atomic E-state index is 12.4. The van der Waals surface area contributed by atoms with Gasteiger partial charge in [-0.25, -0.2) is 13.1 Å². The van der Waals surface area contributed by atoms with Gasteiger partial charge >= 0.3 is 0 Å². The molecule has 1 atom stereocenters. The number of carbonyl (C=O) groups excluding carboxylic acids is 1. The fourth-order valence-electron chi connectivity index (χ4n) is 2.97. The van der Waals surface area contributed by atoms with Gasteiger partial charge in [-0.2, -0.15) is 0 Å². The number of hydrogen-bond acceptors (Lipinski definition) is 3. The van der Waals surface area contributed by atoms with E-state index in [0.29, 0.717) is 11.5 Å². The van der Waals surface area contributed by atoms with Gasteiger partial charge in [0.2, 0.25) is 10.0 Å². The normalized spacial score (nSPS) is 17.9. The van der Waals surface area contributed by atoms with Crippen LogP contribution in [0.2, 0.25) is 0 Å². The van der Waals surface area contributed by atoms with Crippen LogP contribution in [0.5, 0.6) is 0 Å². The highest BCUT2D eigenvalue weighted by atomic mass is 32.2. The topological polar surface area (TPSA) is 75.3 Å². The second-order valence-electron chi connectivity index (χ2n) is 5.91. The standard InChI is InChI=1S/C16H24N2O3S/c1-12(13-6-4-3-5-7-13)18-22(20,21)15-10-8-14(9-11-15)16(19)17-2/h8-13,18H,3-7H2,1-2H3,(H,17,19)/t12-/m1/s1. The molecule has 122 valence electrons. The molecule has 0 spiro atoms. The lowest BCUT2D eigenvalue weighted by molar-refractivity contribution is 0.0963. The summed E-state index contributed by atoms with van der Waals surface area (Å²) in [7, 11) is -2.00. The van der Waals surface area contributed by atoms with Crippen LogP contribution < -0.4 is 10.0 Å². The van der Waals surface area contributed by atoms with Crippen LogP contribution in [0.3, 0.4) is 0 Å². The van der Waals surface area contributed by atoms with Gasteiger partial charge in [0, 0.05) is 18.7 Å². The molecular weight excluding hydrogens is 300 g/mol. The van der Waals surface area contributed by atoms with E-state index in [2.05, 4.69) is 10.0 Å². The number of nitrogens with one attached hydrogen (secondary N) is 2. The van der Waals surface area contributed by atoms with Gasteiger partial charge in [0.05, 0.1) is 4.90 Å². The van der Waals surface area contributed by atoms with Crippen molar-refractivity contribution in [1.29, 1.82) is 0 Å². The van der Waals surface area contributed by atoms with Crippen molar-refractivity contribution in [3.05, 3.63) is 29.8 Å². The van der Waals surface area contributed by atoms with E-state index in [0.717, 1.165) is 12.8 Å². The van der Waals surface area contributed by atoms with E-state index < -0.39 is 10.0 Å². The molecule has 2 rings (SSSR count). The van der Waals surface area contributed by atoms with E-state index in [1.165, 1.54) is 43.5 Å². The lowest BCUT2D eigenvalue weighted by atomic mass is 9.85. The molecule has 0 aliphatic heterocycles. The first-order valence-electron chi connectivity index (χ1n) is 7.78. The first kappa shape index (κ1) is 17.0. The lowest BCUT2D eigenvalue weighted by Gasteiger charge is -2.28. The quantitative estimate of drug-likeness (QED) is 0.872. The Hall–Kier alpha value is -1.40. The Kier molecular flexibility index (Phi) is 5.58. The second kappa shape index (κ2) is 7.24. The van der Waals surface area contributed by atoms with Crippen LogP contribution in [-0.4, -0.2) is 27.4 Å². The van der Waals surface area contributed by atoms with Crippen molar-refractivity contribution in [1.82, 2.24) is 10.0 Å². The maximum absolute atomic E-state index is 12.4. The Morgan fingerprint density at radius 3 is 2.27 bits per heavy atom. The first-order valence-corrected chi connectivity index (χ1v) is 9.27. The number of rotatable bonds is 5. The Morgan fingerprint density at radius 1 is 1.14 bits per heavy atom. The molecule has 1 saturated carbocycles. The molecular formula is C16H24N2O3S. The van der Waals surface area contributed by atoms with Crippen LogP contribution in [-0.2, 0) is 10.0 Å². The highest BCUT2D eigenvalue weighted by Crippen LogP contribution is 2.27. The van der Waals surface area contributed by atoms with E-state index in [1.807, 2.05) is 6.92 Å². The molecule has 1 aromatic carbocycles. The van der Waals surface area contributed by atoms with Crippen LogP contribution >= 0.6 is 0 Å². The van der Waals surface area contributed by atoms with Gasteiger partial charge in [-0.1, -0.05) is 19.3 Å². The molecule has 0 bridgehead atoms. The third-order valence-corrected chi connectivity index (χ3v) is 5.93. The number of amides is 1. The highest BCUT2D eigenvalue weighted by Gasteiger charge is 2.25. The van der Waals surface area contributed by atoms with Crippen molar-refractivity contribution in [3.8, 4) is 0 Å². The largest absolute Gasteiger partial charge is 0.355 e. The molecule has 1 aliphatic rings. The van der Waals surface area contributed by atoms with Crippen molar-refractivity contribution in [2.24, 2.45) is 5.92 Å². The summed E-state index contributed by atoms with van der Waals surface area (Å²) >= 11 is 0. The summed E-state index contributed by atoms with van der Waals surface area (Å²) < 4.78 is 27.6. The van der Waals surface area contributed by atoms with E-state index in [1.54, 1.807) is 7.05 Å². The molecule has 5 nitrogen and oxygen atoms in total. The molecule has 1 fully saturated rings. The maximum Gasteiger partial charge on any atom is 0.251 e. The minimum absolute atomic E-state index is 0.0658. The zero-order valence-electron chi connectivity index (χ0n) is 13.1. The summed E-state index contributed by atoms with van der Waals surface area (Å²) in [6.45, 7) is 1.94. The number of sulfonamides is 1. The Bertz CT molecular complexity index is 605. The van der Waals surface area contributed by atoms with E-state index >= 15 is 0 Å². The molecule has 0 unspecified atom stereocenters. The molecule has 1 amide bonds. The summed E-state index contributed by atoms with van der Waals surface area (Å²) in [5.74, 6) is 0.182. The van der Waals surface area contributed by atoms with Crippen LogP contribution in [0.25, 0.3) is 0 Å².